The molecule has 0 bridgehead atoms. The third kappa shape index (κ3) is 2.92. The highest BCUT2D eigenvalue weighted by molar-refractivity contribution is 9.11. The fourth-order valence-corrected chi connectivity index (χ4v) is 3.73. The molecule has 3 rings (SSSR count). The van der Waals surface area contributed by atoms with Crippen molar-refractivity contribution >= 4 is 38.3 Å². The summed E-state index contributed by atoms with van der Waals surface area (Å²) in [5, 5.41) is 6.71. The Bertz CT molecular complexity index is 608. The first kappa shape index (κ1) is 13.7. The molecule has 0 saturated carbocycles. The van der Waals surface area contributed by atoms with Gasteiger partial charge in [0, 0.05) is 5.56 Å². The second-order valence-electron chi connectivity index (χ2n) is 4.65. The number of hydrogen-bond donors (Lipinski definition) is 2. The molecule has 4 nitrogen and oxygen atoms in total. The molecule has 6 heteroatoms. The van der Waals surface area contributed by atoms with Gasteiger partial charge < -0.3 is 10.6 Å². The van der Waals surface area contributed by atoms with Gasteiger partial charge in [-0.25, -0.2) is 4.98 Å². The van der Waals surface area contributed by atoms with Crippen LogP contribution in [-0.2, 0) is 4.79 Å². The van der Waals surface area contributed by atoms with Gasteiger partial charge in [0.2, 0.25) is 5.91 Å². The van der Waals surface area contributed by atoms with Gasteiger partial charge in [-0.15, -0.1) is 0 Å². The van der Waals surface area contributed by atoms with E-state index in [0.717, 1.165) is 34.4 Å². The second-order valence-corrected chi connectivity index (χ2v) is 6.96. The molecular formula is C14H14BrN3OS. The standard InChI is InChI=1S/C14H14BrN3OS/c15-12-11(9-5-2-1-3-6-9)17-14(20-12)18-13(19)10-7-4-8-16-10/h1-3,5-6,10,16H,4,7-8H2,(H,17,18,19). The maximum absolute atomic E-state index is 12.0. The van der Waals surface area contributed by atoms with E-state index in [1.165, 1.54) is 11.3 Å². The van der Waals surface area contributed by atoms with Crippen LogP contribution in [0.1, 0.15) is 12.8 Å². The van der Waals surface area contributed by atoms with Crippen molar-refractivity contribution in [1.82, 2.24) is 10.3 Å². The monoisotopic (exact) mass is 351 g/mol. The zero-order chi connectivity index (χ0) is 13.9. The fourth-order valence-electron chi connectivity index (χ4n) is 2.23. The number of carbonyl (C=O) groups excluding carboxylic acids is 1. The maximum atomic E-state index is 12.0. The van der Waals surface area contributed by atoms with E-state index in [-0.39, 0.29) is 11.9 Å². The van der Waals surface area contributed by atoms with Crippen LogP contribution in [0.2, 0.25) is 0 Å². The van der Waals surface area contributed by atoms with E-state index in [1.54, 1.807) is 0 Å². The smallest absolute Gasteiger partial charge is 0.243 e. The normalized spacial score (nSPS) is 18.1. The van der Waals surface area contributed by atoms with Crippen molar-refractivity contribution in [2.75, 3.05) is 11.9 Å². The summed E-state index contributed by atoms with van der Waals surface area (Å²) < 4.78 is 0.929. The summed E-state index contributed by atoms with van der Waals surface area (Å²) in [4.78, 5) is 16.6. The van der Waals surface area contributed by atoms with E-state index in [0.29, 0.717) is 5.13 Å². The molecule has 0 radical (unpaired) electrons. The quantitative estimate of drug-likeness (QED) is 0.892. The Morgan fingerprint density at radius 2 is 2.20 bits per heavy atom. The van der Waals surface area contributed by atoms with Crippen LogP contribution in [0, 0.1) is 0 Å². The first-order valence-electron chi connectivity index (χ1n) is 6.50. The molecule has 1 aromatic carbocycles. The second kappa shape index (κ2) is 6.03. The highest BCUT2D eigenvalue weighted by Crippen LogP contribution is 2.35. The number of benzene rings is 1. The average Bonchev–Trinajstić information content (AvgIpc) is 3.09. The van der Waals surface area contributed by atoms with Gasteiger partial charge in [-0.3, -0.25) is 4.79 Å². The Morgan fingerprint density at radius 1 is 1.40 bits per heavy atom. The zero-order valence-electron chi connectivity index (χ0n) is 10.7. The number of aromatic nitrogens is 1. The maximum Gasteiger partial charge on any atom is 0.243 e. The predicted molar refractivity (Wildman–Crippen MR) is 84.9 cm³/mol. The summed E-state index contributed by atoms with van der Waals surface area (Å²) in [6.45, 7) is 0.912. The molecule has 1 aromatic heterocycles. The largest absolute Gasteiger partial charge is 0.306 e. The molecule has 0 aliphatic carbocycles. The average molecular weight is 352 g/mol. The number of rotatable bonds is 3. The Hall–Kier alpha value is -1.24. The van der Waals surface area contributed by atoms with E-state index in [1.807, 2.05) is 30.3 Å². The lowest BCUT2D eigenvalue weighted by molar-refractivity contribution is -0.117. The first-order chi connectivity index (χ1) is 9.74. The van der Waals surface area contributed by atoms with Crippen LogP contribution in [0.25, 0.3) is 11.3 Å². The third-order valence-electron chi connectivity index (χ3n) is 3.24. The van der Waals surface area contributed by atoms with Crippen LogP contribution in [-0.4, -0.2) is 23.5 Å². The van der Waals surface area contributed by atoms with Crippen LogP contribution in [0.4, 0.5) is 5.13 Å². The molecule has 2 heterocycles. The van der Waals surface area contributed by atoms with Gasteiger partial charge in [0.1, 0.15) is 0 Å². The Balaban J connectivity index is 1.77. The lowest BCUT2D eigenvalue weighted by atomic mass is 10.2. The van der Waals surface area contributed by atoms with Crippen LogP contribution in [0.5, 0.6) is 0 Å². The Morgan fingerprint density at radius 3 is 2.90 bits per heavy atom. The number of anilines is 1. The molecule has 20 heavy (non-hydrogen) atoms. The summed E-state index contributed by atoms with van der Waals surface area (Å²) in [6, 6.07) is 9.84. The van der Waals surface area contributed by atoms with Crippen molar-refractivity contribution in [3.63, 3.8) is 0 Å². The minimum absolute atomic E-state index is 0.00311. The molecule has 1 amide bonds. The van der Waals surface area contributed by atoms with Crippen molar-refractivity contribution in [2.24, 2.45) is 0 Å². The number of hydrogen-bond acceptors (Lipinski definition) is 4. The molecule has 1 atom stereocenters. The van der Waals surface area contributed by atoms with Gasteiger partial charge in [0.15, 0.2) is 5.13 Å². The van der Waals surface area contributed by atoms with Gasteiger partial charge in [0.25, 0.3) is 0 Å². The van der Waals surface area contributed by atoms with E-state index in [2.05, 4.69) is 31.5 Å². The number of amides is 1. The summed E-state index contributed by atoms with van der Waals surface area (Å²) in [6.07, 6.45) is 1.94. The minimum Gasteiger partial charge on any atom is -0.306 e. The van der Waals surface area contributed by atoms with Gasteiger partial charge in [-0.2, -0.15) is 0 Å². The number of halogens is 1. The van der Waals surface area contributed by atoms with Crippen molar-refractivity contribution in [2.45, 2.75) is 18.9 Å². The van der Waals surface area contributed by atoms with Gasteiger partial charge in [-0.05, 0) is 35.3 Å². The molecule has 1 aliphatic rings. The van der Waals surface area contributed by atoms with Crippen LogP contribution < -0.4 is 10.6 Å². The molecule has 1 fully saturated rings. The molecule has 1 unspecified atom stereocenters. The lowest BCUT2D eigenvalue weighted by Crippen LogP contribution is -2.35. The van der Waals surface area contributed by atoms with Crippen molar-refractivity contribution in [3.05, 3.63) is 34.1 Å². The van der Waals surface area contributed by atoms with E-state index in [4.69, 9.17) is 0 Å². The molecule has 2 N–H and O–H groups in total. The number of nitrogens with zero attached hydrogens (tertiary/aromatic N) is 1. The number of thiazole rings is 1. The molecule has 1 saturated heterocycles. The fraction of sp³-hybridized carbons (Fsp3) is 0.286. The molecule has 0 spiro atoms. The lowest BCUT2D eigenvalue weighted by Gasteiger charge is -2.08. The van der Waals surface area contributed by atoms with Gasteiger partial charge in [0.05, 0.1) is 15.5 Å². The van der Waals surface area contributed by atoms with Crippen molar-refractivity contribution in [1.29, 1.82) is 0 Å². The molecule has 104 valence electrons. The summed E-state index contributed by atoms with van der Waals surface area (Å²) in [5.74, 6) is 0.00311. The van der Waals surface area contributed by atoms with Gasteiger partial charge >= 0.3 is 0 Å². The van der Waals surface area contributed by atoms with Crippen molar-refractivity contribution in [3.8, 4) is 11.3 Å². The summed E-state index contributed by atoms with van der Waals surface area (Å²) in [7, 11) is 0. The van der Waals surface area contributed by atoms with Crippen LogP contribution in [0.3, 0.4) is 0 Å². The minimum atomic E-state index is -0.0853. The summed E-state index contributed by atoms with van der Waals surface area (Å²) >= 11 is 4.96. The highest BCUT2D eigenvalue weighted by atomic mass is 79.9. The van der Waals surface area contributed by atoms with E-state index in [9.17, 15) is 4.79 Å². The van der Waals surface area contributed by atoms with Crippen LogP contribution in [0.15, 0.2) is 34.1 Å². The first-order valence-corrected chi connectivity index (χ1v) is 8.11. The third-order valence-corrected chi connectivity index (χ3v) is 4.86. The number of carbonyl (C=O) groups is 1. The molecule has 1 aliphatic heterocycles. The Labute approximate surface area is 129 Å². The SMILES string of the molecule is O=C(Nc1nc(-c2ccccc2)c(Br)s1)C1CCCN1. The highest BCUT2D eigenvalue weighted by Gasteiger charge is 2.23. The number of nitrogens with one attached hydrogen (secondary N) is 2. The van der Waals surface area contributed by atoms with Crippen molar-refractivity contribution < 1.29 is 4.79 Å². The predicted octanol–water partition coefficient (Wildman–Crippen LogP) is 3.26. The van der Waals surface area contributed by atoms with E-state index >= 15 is 0 Å². The zero-order valence-corrected chi connectivity index (χ0v) is 13.1. The topological polar surface area (TPSA) is 54.0 Å². The Kier molecular flexibility index (Phi) is 4.14. The van der Waals surface area contributed by atoms with Crippen LogP contribution >= 0.6 is 27.3 Å². The molecule has 2 aromatic rings. The summed E-state index contributed by atoms with van der Waals surface area (Å²) in [5.41, 5.74) is 1.90. The van der Waals surface area contributed by atoms with E-state index < -0.39 is 0 Å². The molecular weight excluding hydrogens is 338 g/mol. The van der Waals surface area contributed by atoms with Gasteiger partial charge in [-0.1, -0.05) is 41.7 Å².